The van der Waals surface area contributed by atoms with E-state index in [-0.39, 0.29) is 16.6 Å². The Morgan fingerprint density at radius 1 is 0.491 bits per heavy atom. The SMILES string of the molecule is CCCCCCCCCCCCCCCC(CCCCCCCCCCCCCCC)N(C)C(=O)C(C)(C)CC(C)(C)CCC(C)(C)OCCC(C)(C)OC. The van der Waals surface area contributed by atoms with Crippen molar-refractivity contribution in [1.29, 1.82) is 0 Å². The molecule has 0 spiro atoms. The van der Waals surface area contributed by atoms with Crippen molar-refractivity contribution < 1.29 is 14.3 Å². The fraction of sp³-hybridized carbons (Fsp3) is 0.980. The molecule has 0 atom stereocenters. The van der Waals surface area contributed by atoms with Gasteiger partial charge in [0.2, 0.25) is 5.91 Å². The lowest BCUT2D eigenvalue weighted by Crippen LogP contribution is -2.46. The molecule has 0 aliphatic rings. The number of methoxy groups -OCH3 is 1. The van der Waals surface area contributed by atoms with Gasteiger partial charge in [0.1, 0.15) is 0 Å². The first-order chi connectivity index (χ1) is 26.0. The number of ether oxygens (including phenoxy) is 2. The average molecular weight is 778 g/mol. The van der Waals surface area contributed by atoms with Gasteiger partial charge in [-0.2, -0.15) is 0 Å². The highest BCUT2D eigenvalue weighted by Gasteiger charge is 2.38. The van der Waals surface area contributed by atoms with Gasteiger partial charge >= 0.3 is 0 Å². The van der Waals surface area contributed by atoms with Gasteiger partial charge in [0.15, 0.2) is 0 Å². The van der Waals surface area contributed by atoms with Crippen LogP contribution >= 0.6 is 0 Å². The van der Waals surface area contributed by atoms with Gasteiger partial charge in [-0.25, -0.2) is 0 Å². The normalized spacial score (nSPS) is 13.0. The molecule has 0 aromatic rings. The molecule has 0 saturated heterocycles. The van der Waals surface area contributed by atoms with Crippen molar-refractivity contribution in [1.82, 2.24) is 4.90 Å². The molecule has 0 aliphatic heterocycles. The Hall–Kier alpha value is -0.610. The van der Waals surface area contributed by atoms with Crippen molar-refractivity contribution >= 4 is 5.91 Å². The maximum Gasteiger partial charge on any atom is 0.228 e. The fourth-order valence-corrected chi connectivity index (χ4v) is 8.72. The molecule has 0 unspecified atom stereocenters. The molecule has 0 aliphatic carbocycles. The molecule has 0 saturated carbocycles. The van der Waals surface area contributed by atoms with Crippen molar-refractivity contribution in [3.05, 3.63) is 0 Å². The zero-order valence-corrected chi connectivity index (χ0v) is 40.1. The summed E-state index contributed by atoms with van der Waals surface area (Å²) in [7, 11) is 3.90. The zero-order valence-electron chi connectivity index (χ0n) is 40.1. The lowest BCUT2D eigenvalue weighted by atomic mass is 9.71. The Morgan fingerprint density at radius 3 is 1.18 bits per heavy atom. The van der Waals surface area contributed by atoms with E-state index in [1.807, 2.05) is 0 Å². The zero-order chi connectivity index (χ0) is 41.5. The Morgan fingerprint density at radius 2 is 0.836 bits per heavy atom. The van der Waals surface area contributed by atoms with Crippen LogP contribution in [0.3, 0.4) is 0 Å². The second-order valence-corrected chi connectivity index (χ2v) is 20.7. The van der Waals surface area contributed by atoms with Crippen molar-refractivity contribution in [3.8, 4) is 0 Å². The van der Waals surface area contributed by atoms with Crippen LogP contribution in [0.5, 0.6) is 0 Å². The molecule has 0 bridgehead atoms. The predicted molar refractivity (Wildman–Crippen MR) is 244 cm³/mol. The number of carbonyl (C=O) groups is 1. The fourth-order valence-electron chi connectivity index (χ4n) is 8.72. The summed E-state index contributed by atoms with van der Waals surface area (Å²) >= 11 is 0. The summed E-state index contributed by atoms with van der Waals surface area (Å²) in [6.07, 6.45) is 42.1. The van der Waals surface area contributed by atoms with Crippen LogP contribution in [0.1, 0.15) is 275 Å². The largest absolute Gasteiger partial charge is 0.379 e. The number of nitrogens with zero attached hydrogens (tertiary/aromatic N) is 1. The number of unbranched alkanes of at least 4 members (excludes halogenated alkanes) is 24. The summed E-state index contributed by atoms with van der Waals surface area (Å²) in [5.74, 6) is 0.340. The quantitative estimate of drug-likeness (QED) is 0.0582. The van der Waals surface area contributed by atoms with E-state index in [0.717, 1.165) is 38.5 Å². The second-order valence-electron chi connectivity index (χ2n) is 20.7. The van der Waals surface area contributed by atoms with Crippen LogP contribution in [0, 0.1) is 10.8 Å². The predicted octanol–water partition coefficient (Wildman–Crippen LogP) is 16.6. The lowest BCUT2D eigenvalue weighted by molar-refractivity contribution is -0.143. The summed E-state index contributed by atoms with van der Waals surface area (Å²) in [5.41, 5.74) is -0.704. The van der Waals surface area contributed by atoms with Gasteiger partial charge in [-0.3, -0.25) is 4.79 Å². The van der Waals surface area contributed by atoms with Crippen molar-refractivity contribution in [3.63, 3.8) is 0 Å². The average Bonchev–Trinajstić information content (AvgIpc) is 3.12. The molecule has 0 aromatic carbocycles. The Kier molecular flexibility index (Phi) is 31.9. The van der Waals surface area contributed by atoms with E-state index in [1.165, 1.54) is 167 Å². The Balaban J connectivity index is 4.96. The molecule has 0 N–H and O–H groups in total. The van der Waals surface area contributed by atoms with E-state index < -0.39 is 5.41 Å². The molecule has 1 amide bonds. The smallest absolute Gasteiger partial charge is 0.228 e. The van der Waals surface area contributed by atoms with Gasteiger partial charge in [0.05, 0.1) is 17.8 Å². The molecule has 55 heavy (non-hydrogen) atoms. The van der Waals surface area contributed by atoms with Crippen LogP contribution in [0.4, 0.5) is 0 Å². The van der Waals surface area contributed by atoms with Crippen molar-refractivity contribution in [2.24, 2.45) is 10.8 Å². The molecule has 0 fully saturated rings. The maximum absolute atomic E-state index is 14.3. The number of carbonyl (C=O) groups excluding carboxylic acids is 1. The van der Waals surface area contributed by atoms with E-state index in [2.05, 4.69) is 81.2 Å². The van der Waals surface area contributed by atoms with E-state index in [1.54, 1.807) is 7.11 Å². The van der Waals surface area contributed by atoms with E-state index >= 15 is 0 Å². The van der Waals surface area contributed by atoms with E-state index in [9.17, 15) is 4.79 Å². The summed E-state index contributed by atoms with van der Waals surface area (Å²) in [6, 6.07) is 0.360. The minimum absolute atomic E-state index is 0.0477. The van der Waals surface area contributed by atoms with Crippen LogP contribution in [-0.4, -0.2) is 48.8 Å². The van der Waals surface area contributed by atoms with Crippen molar-refractivity contribution in [2.45, 2.75) is 292 Å². The first-order valence-electron chi connectivity index (χ1n) is 24.5. The van der Waals surface area contributed by atoms with Gasteiger partial charge in [-0.1, -0.05) is 208 Å². The molecular formula is C51H103NO3. The Labute approximate surface area is 347 Å². The van der Waals surface area contributed by atoms with Crippen LogP contribution in [0.15, 0.2) is 0 Å². The van der Waals surface area contributed by atoms with E-state index in [4.69, 9.17) is 9.47 Å². The van der Waals surface area contributed by atoms with E-state index in [0.29, 0.717) is 18.6 Å². The van der Waals surface area contributed by atoms with Crippen molar-refractivity contribution in [2.75, 3.05) is 20.8 Å². The van der Waals surface area contributed by atoms with Crippen LogP contribution < -0.4 is 0 Å². The molecule has 0 rings (SSSR count). The summed E-state index contributed by atoms with van der Waals surface area (Å²) in [6.45, 7) is 23.1. The highest BCUT2D eigenvalue weighted by atomic mass is 16.5. The minimum Gasteiger partial charge on any atom is -0.379 e. The van der Waals surface area contributed by atoms with Gasteiger partial charge in [-0.05, 0) is 71.6 Å². The lowest BCUT2D eigenvalue weighted by Gasteiger charge is -2.40. The first kappa shape index (κ1) is 54.4. The molecule has 0 heterocycles. The van der Waals surface area contributed by atoms with Crippen LogP contribution in [-0.2, 0) is 14.3 Å². The molecule has 0 aromatic heterocycles. The molecule has 0 radical (unpaired) electrons. The number of amides is 1. The molecule has 330 valence electrons. The van der Waals surface area contributed by atoms with Crippen LogP contribution in [0.25, 0.3) is 0 Å². The third-order valence-electron chi connectivity index (χ3n) is 12.8. The maximum atomic E-state index is 14.3. The van der Waals surface area contributed by atoms with Gasteiger partial charge < -0.3 is 14.4 Å². The summed E-state index contributed by atoms with van der Waals surface area (Å²) in [5, 5.41) is 0. The van der Waals surface area contributed by atoms with Gasteiger partial charge in [0.25, 0.3) is 0 Å². The molecule has 4 nitrogen and oxygen atoms in total. The summed E-state index contributed by atoms with van der Waals surface area (Å²) in [4.78, 5) is 16.5. The molecular weight excluding hydrogens is 675 g/mol. The monoisotopic (exact) mass is 778 g/mol. The topological polar surface area (TPSA) is 38.8 Å². The number of hydrogen-bond donors (Lipinski definition) is 0. The Bertz CT molecular complexity index is 847. The number of rotatable bonds is 40. The highest BCUT2D eigenvalue weighted by molar-refractivity contribution is 5.82. The second kappa shape index (κ2) is 32.3. The standard InChI is InChI=1S/C51H103NO3/c1-13-15-17-19-21-23-25-27-29-31-33-35-37-39-46(40-38-36-34-32-30-28-26-24-22-20-18-16-14-2)52(11)47(53)49(5,6)45-48(3,4)41-42-51(9,10)55-44-43-50(7,8)54-12/h46H,13-45H2,1-12H3. The highest BCUT2D eigenvalue weighted by Crippen LogP contribution is 2.40. The third-order valence-corrected chi connectivity index (χ3v) is 12.8. The number of hydrogen-bond acceptors (Lipinski definition) is 3. The van der Waals surface area contributed by atoms with Gasteiger partial charge in [-0.15, -0.1) is 0 Å². The molecule has 4 heteroatoms. The minimum atomic E-state index is -0.393. The summed E-state index contributed by atoms with van der Waals surface area (Å²) < 4.78 is 11.9. The third kappa shape index (κ3) is 31.0. The van der Waals surface area contributed by atoms with Gasteiger partial charge in [0, 0.05) is 25.6 Å². The van der Waals surface area contributed by atoms with Crippen LogP contribution in [0.2, 0.25) is 0 Å². The first-order valence-corrected chi connectivity index (χ1v) is 24.5.